The molecule has 7 nitrogen and oxygen atoms in total. The maximum atomic E-state index is 12.7. The highest BCUT2D eigenvalue weighted by atomic mass is 32.1. The van der Waals surface area contributed by atoms with Gasteiger partial charge in [-0.25, -0.2) is 4.98 Å². The van der Waals surface area contributed by atoms with Gasteiger partial charge in [0.2, 0.25) is 5.91 Å². The molecule has 3 aromatic heterocycles. The van der Waals surface area contributed by atoms with E-state index in [0.717, 1.165) is 55.2 Å². The maximum absolute atomic E-state index is 12.7. The lowest BCUT2D eigenvalue weighted by Crippen LogP contribution is -2.48. The van der Waals surface area contributed by atoms with Gasteiger partial charge in [0.05, 0.1) is 5.69 Å². The molecule has 0 bridgehead atoms. The van der Waals surface area contributed by atoms with Crippen LogP contribution in [0.4, 0.5) is 0 Å². The average Bonchev–Trinajstić information content (AvgIpc) is 3.42. The molecule has 4 heterocycles. The fourth-order valence-corrected chi connectivity index (χ4v) is 5.02. The first-order valence-electron chi connectivity index (χ1n) is 10.7. The minimum absolute atomic E-state index is 0.0368. The Balaban J connectivity index is 1.10. The van der Waals surface area contributed by atoms with Crippen molar-refractivity contribution >= 4 is 33.1 Å². The van der Waals surface area contributed by atoms with Crippen molar-refractivity contribution in [2.24, 2.45) is 0 Å². The Morgan fingerprint density at radius 2 is 2.00 bits per heavy atom. The number of aromatic amines is 1. The first kappa shape index (κ1) is 20.0. The van der Waals surface area contributed by atoms with Gasteiger partial charge in [-0.15, -0.1) is 11.3 Å². The number of benzene rings is 1. The van der Waals surface area contributed by atoms with Gasteiger partial charge in [-0.1, -0.05) is 18.2 Å². The largest absolute Gasteiger partial charge is 0.361 e. The minimum atomic E-state index is -0.0368. The Labute approximate surface area is 183 Å². The van der Waals surface area contributed by atoms with E-state index in [9.17, 15) is 9.59 Å². The lowest BCUT2D eigenvalue weighted by molar-refractivity contribution is -0.133. The predicted molar refractivity (Wildman–Crippen MR) is 122 cm³/mol. The summed E-state index contributed by atoms with van der Waals surface area (Å²) in [5.74, 6) is 0.232. The van der Waals surface area contributed by atoms with E-state index in [4.69, 9.17) is 0 Å². The molecule has 8 heteroatoms. The maximum Gasteiger partial charge on any atom is 0.258 e. The SMILES string of the molecule is O=C(CCCc1c[nH]c2ccccc12)N1CCN(Cc2cc(=O)n3ccsc3n2)CC1. The third-order valence-electron chi connectivity index (χ3n) is 5.98. The van der Waals surface area contributed by atoms with E-state index in [1.165, 1.54) is 22.3 Å². The van der Waals surface area contributed by atoms with Crippen LogP contribution in [0, 0.1) is 0 Å². The Kier molecular flexibility index (Phi) is 5.57. The van der Waals surface area contributed by atoms with E-state index in [2.05, 4.69) is 39.3 Å². The number of para-hydroxylation sites is 1. The van der Waals surface area contributed by atoms with Crippen LogP contribution in [-0.4, -0.2) is 56.3 Å². The second kappa shape index (κ2) is 8.64. The van der Waals surface area contributed by atoms with Crippen LogP contribution < -0.4 is 5.56 Å². The number of nitrogens with one attached hydrogen (secondary N) is 1. The molecule has 0 unspecified atom stereocenters. The van der Waals surface area contributed by atoms with Crippen LogP contribution in [0.25, 0.3) is 15.9 Å². The van der Waals surface area contributed by atoms with Crippen LogP contribution in [0.2, 0.25) is 0 Å². The monoisotopic (exact) mass is 435 g/mol. The molecule has 1 N–H and O–H groups in total. The van der Waals surface area contributed by atoms with Crippen LogP contribution in [0.1, 0.15) is 24.1 Å². The van der Waals surface area contributed by atoms with Gasteiger partial charge in [0.25, 0.3) is 5.56 Å². The van der Waals surface area contributed by atoms with Crippen LogP contribution >= 0.6 is 11.3 Å². The number of hydrogen-bond acceptors (Lipinski definition) is 5. The van der Waals surface area contributed by atoms with Crippen molar-refractivity contribution in [3.63, 3.8) is 0 Å². The number of amides is 1. The van der Waals surface area contributed by atoms with Crippen LogP contribution in [-0.2, 0) is 17.8 Å². The highest BCUT2D eigenvalue weighted by Gasteiger charge is 2.21. The molecule has 0 spiro atoms. The van der Waals surface area contributed by atoms with E-state index < -0.39 is 0 Å². The third kappa shape index (κ3) is 4.26. The summed E-state index contributed by atoms with van der Waals surface area (Å²) in [6.45, 7) is 3.71. The molecule has 1 aliphatic heterocycles. The van der Waals surface area contributed by atoms with E-state index in [0.29, 0.717) is 13.0 Å². The molecule has 0 atom stereocenters. The molecule has 160 valence electrons. The average molecular weight is 436 g/mol. The Hall–Kier alpha value is -2.97. The molecule has 0 radical (unpaired) electrons. The van der Waals surface area contributed by atoms with Gasteiger partial charge in [0.1, 0.15) is 0 Å². The second-order valence-corrected chi connectivity index (χ2v) is 8.88. The second-order valence-electron chi connectivity index (χ2n) is 8.01. The number of carbonyl (C=O) groups is 1. The first-order chi connectivity index (χ1) is 15.2. The summed E-state index contributed by atoms with van der Waals surface area (Å²) in [6.07, 6.45) is 6.15. The molecule has 31 heavy (non-hydrogen) atoms. The van der Waals surface area contributed by atoms with Crippen LogP contribution in [0.3, 0.4) is 0 Å². The fraction of sp³-hybridized carbons (Fsp3) is 0.348. The smallest absolute Gasteiger partial charge is 0.258 e. The number of aryl methyl sites for hydroxylation is 1. The van der Waals surface area contributed by atoms with Gasteiger partial charge in [-0.05, 0) is 24.5 Å². The number of H-pyrrole nitrogens is 1. The summed E-state index contributed by atoms with van der Waals surface area (Å²) in [4.78, 5) is 37.7. The van der Waals surface area contributed by atoms with Gasteiger partial charge in [0.15, 0.2) is 4.96 Å². The number of nitrogens with zero attached hydrogens (tertiary/aromatic N) is 4. The number of carbonyl (C=O) groups excluding carboxylic acids is 1. The number of thiazole rings is 1. The molecule has 0 saturated carbocycles. The molecule has 1 fully saturated rings. The van der Waals surface area contributed by atoms with E-state index in [1.54, 1.807) is 16.7 Å². The van der Waals surface area contributed by atoms with Crippen LogP contribution in [0.15, 0.2) is 52.9 Å². The van der Waals surface area contributed by atoms with E-state index in [-0.39, 0.29) is 11.5 Å². The lowest BCUT2D eigenvalue weighted by Gasteiger charge is -2.34. The zero-order chi connectivity index (χ0) is 21.2. The quantitative estimate of drug-likeness (QED) is 0.505. The molecule has 1 aliphatic rings. The number of fused-ring (bicyclic) bond motifs is 2. The number of piperazine rings is 1. The zero-order valence-electron chi connectivity index (χ0n) is 17.3. The fourth-order valence-electron chi connectivity index (χ4n) is 4.28. The number of rotatable bonds is 6. The standard InChI is InChI=1S/C23H25N5O2S/c29-21(7-3-4-17-15-24-20-6-2-1-5-19(17)20)27-10-8-26(9-11-27)16-18-14-22(30)28-12-13-31-23(28)25-18/h1-2,5-6,12-15,24H,3-4,7-11,16H2. The minimum Gasteiger partial charge on any atom is -0.361 e. The predicted octanol–water partition coefficient (Wildman–Crippen LogP) is 2.90. The third-order valence-corrected chi connectivity index (χ3v) is 6.74. The summed E-state index contributed by atoms with van der Waals surface area (Å²) in [5, 5.41) is 3.12. The summed E-state index contributed by atoms with van der Waals surface area (Å²) in [7, 11) is 0. The van der Waals surface area contributed by atoms with Gasteiger partial charge in [-0.2, -0.15) is 0 Å². The number of aromatic nitrogens is 3. The van der Waals surface area contributed by atoms with Gasteiger partial charge >= 0.3 is 0 Å². The molecule has 1 saturated heterocycles. The highest BCUT2D eigenvalue weighted by molar-refractivity contribution is 7.15. The summed E-state index contributed by atoms with van der Waals surface area (Å²) in [6, 6.07) is 9.90. The Bertz CT molecular complexity index is 1270. The van der Waals surface area contributed by atoms with Crippen LogP contribution in [0.5, 0.6) is 0 Å². The van der Waals surface area contributed by atoms with Crippen molar-refractivity contribution in [1.29, 1.82) is 0 Å². The van der Waals surface area contributed by atoms with Crippen molar-refractivity contribution < 1.29 is 4.79 Å². The summed E-state index contributed by atoms with van der Waals surface area (Å²) < 4.78 is 1.57. The van der Waals surface area contributed by atoms with E-state index in [1.807, 2.05) is 16.3 Å². The zero-order valence-corrected chi connectivity index (χ0v) is 18.1. The van der Waals surface area contributed by atoms with Gasteiger partial charge in [-0.3, -0.25) is 18.9 Å². The van der Waals surface area contributed by atoms with Crippen molar-refractivity contribution in [1.82, 2.24) is 24.2 Å². The molecular formula is C23H25N5O2S. The molecule has 5 rings (SSSR count). The highest BCUT2D eigenvalue weighted by Crippen LogP contribution is 2.20. The molecule has 1 amide bonds. The van der Waals surface area contributed by atoms with Gasteiger partial charge < -0.3 is 9.88 Å². The van der Waals surface area contributed by atoms with Crippen molar-refractivity contribution in [2.45, 2.75) is 25.8 Å². The topological polar surface area (TPSA) is 73.7 Å². The van der Waals surface area contributed by atoms with Crippen molar-refractivity contribution in [3.8, 4) is 0 Å². The Morgan fingerprint density at radius 1 is 1.16 bits per heavy atom. The molecule has 0 aliphatic carbocycles. The van der Waals surface area contributed by atoms with E-state index >= 15 is 0 Å². The Morgan fingerprint density at radius 3 is 2.87 bits per heavy atom. The van der Waals surface area contributed by atoms with Gasteiger partial charge in [0, 0.05) is 73.9 Å². The first-order valence-corrected chi connectivity index (χ1v) is 11.6. The molecule has 1 aromatic carbocycles. The summed E-state index contributed by atoms with van der Waals surface area (Å²) in [5.41, 5.74) is 3.19. The summed E-state index contributed by atoms with van der Waals surface area (Å²) >= 11 is 1.47. The van der Waals surface area contributed by atoms with Crippen molar-refractivity contribution in [3.05, 3.63) is 69.7 Å². The lowest BCUT2D eigenvalue weighted by atomic mass is 10.1. The normalized spacial score (nSPS) is 15.2. The number of hydrogen-bond donors (Lipinski definition) is 1. The molecule has 4 aromatic rings. The van der Waals surface area contributed by atoms with Crippen molar-refractivity contribution in [2.75, 3.05) is 26.2 Å². The molecular weight excluding hydrogens is 410 g/mol.